The molecule has 0 unspecified atom stereocenters. The lowest BCUT2D eigenvalue weighted by molar-refractivity contribution is -0.140. The van der Waals surface area contributed by atoms with Gasteiger partial charge in [0.15, 0.2) is 0 Å². The standard InChI is InChI=1S/C12H14Cl2N2O3/c1-16(5-3-4-10(17)19-2)12(18)8-6-9(13)11(14)15-7-8/h6-7H,3-5H2,1-2H3. The summed E-state index contributed by atoms with van der Waals surface area (Å²) in [5.41, 5.74) is 0.356. The second-order valence-corrected chi connectivity index (χ2v) is 4.67. The number of pyridine rings is 1. The monoisotopic (exact) mass is 304 g/mol. The molecule has 0 aliphatic heterocycles. The lowest BCUT2D eigenvalue weighted by Gasteiger charge is -2.16. The van der Waals surface area contributed by atoms with Crippen LogP contribution < -0.4 is 0 Å². The Hall–Kier alpha value is -1.33. The number of halogens is 2. The molecule has 1 heterocycles. The molecule has 0 atom stereocenters. The van der Waals surface area contributed by atoms with Gasteiger partial charge in [0.05, 0.1) is 17.7 Å². The van der Waals surface area contributed by atoms with Gasteiger partial charge in [0.2, 0.25) is 0 Å². The molecule has 5 nitrogen and oxygen atoms in total. The zero-order valence-electron chi connectivity index (χ0n) is 10.7. The summed E-state index contributed by atoms with van der Waals surface area (Å²) in [5.74, 6) is -0.520. The molecule has 0 fully saturated rings. The molecule has 7 heteroatoms. The molecule has 0 aliphatic carbocycles. The maximum atomic E-state index is 12.0. The van der Waals surface area contributed by atoms with Gasteiger partial charge in [-0.2, -0.15) is 0 Å². The number of hydrogen-bond acceptors (Lipinski definition) is 4. The number of carbonyl (C=O) groups excluding carboxylic acids is 2. The lowest BCUT2D eigenvalue weighted by Crippen LogP contribution is -2.28. The summed E-state index contributed by atoms with van der Waals surface area (Å²) in [6.07, 6.45) is 2.17. The van der Waals surface area contributed by atoms with Gasteiger partial charge in [0.1, 0.15) is 5.15 Å². The molecule has 1 rings (SSSR count). The molecular weight excluding hydrogens is 291 g/mol. The maximum absolute atomic E-state index is 12.0. The number of ether oxygens (including phenoxy) is 1. The Morgan fingerprint density at radius 1 is 1.42 bits per heavy atom. The van der Waals surface area contributed by atoms with Crippen molar-refractivity contribution in [1.82, 2.24) is 9.88 Å². The zero-order chi connectivity index (χ0) is 14.4. The van der Waals surface area contributed by atoms with E-state index in [9.17, 15) is 9.59 Å². The fraction of sp³-hybridized carbons (Fsp3) is 0.417. The van der Waals surface area contributed by atoms with Crippen molar-refractivity contribution in [2.75, 3.05) is 20.7 Å². The van der Waals surface area contributed by atoms with Crippen LogP contribution in [0.4, 0.5) is 0 Å². The van der Waals surface area contributed by atoms with E-state index in [1.165, 1.54) is 24.3 Å². The van der Waals surface area contributed by atoms with Crippen LogP contribution in [0.5, 0.6) is 0 Å². The topological polar surface area (TPSA) is 59.5 Å². The smallest absolute Gasteiger partial charge is 0.305 e. The predicted molar refractivity (Wildman–Crippen MR) is 72.5 cm³/mol. The van der Waals surface area contributed by atoms with Crippen LogP contribution in [0.15, 0.2) is 12.3 Å². The summed E-state index contributed by atoms with van der Waals surface area (Å²) in [5, 5.41) is 0.391. The van der Waals surface area contributed by atoms with Gasteiger partial charge in [0, 0.05) is 26.2 Å². The second kappa shape index (κ2) is 7.31. The number of rotatable bonds is 5. The molecule has 1 aromatic heterocycles. The summed E-state index contributed by atoms with van der Waals surface area (Å²) < 4.78 is 4.52. The fourth-order valence-corrected chi connectivity index (χ4v) is 1.69. The van der Waals surface area contributed by atoms with Crippen LogP contribution in [0.25, 0.3) is 0 Å². The average Bonchev–Trinajstić information content (AvgIpc) is 2.40. The van der Waals surface area contributed by atoms with Crippen molar-refractivity contribution in [1.29, 1.82) is 0 Å². The molecule has 104 valence electrons. The van der Waals surface area contributed by atoms with E-state index in [4.69, 9.17) is 23.2 Å². The number of aromatic nitrogens is 1. The van der Waals surface area contributed by atoms with Crippen LogP contribution in [0.2, 0.25) is 10.2 Å². The number of nitrogens with zero attached hydrogens (tertiary/aromatic N) is 2. The molecule has 0 aromatic carbocycles. The number of methoxy groups -OCH3 is 1. The Balaban J connectivity index is 2.56. The highest BCUT2D eigenvalue weighted by atomic mass is 35.5. The van der Waals surface area contributed by atoms with Crippen LogP contribution in [-0.4, -0.2) is 42.5 Å². The van der Waals surface area contributed by atoms with E-state index in [0.29, 0.717) is 18.5 Å². The number of carbonyl (C=O) groups is 2. The van der Waals surface area contributed by atoms with Crippen molar-refractivity contribution >= 4 is 35.1 Å². The van der Waals surface area contributed by atoms with Crippen molar-refractivity contribution < 1.29 is 14.3 Å². The van der Waals surface area contributed by atoms with Crippen molar-refractivity contribution in [3.63, 3.8) is 0 Å². The average molecular weight is 305 g/mol. The first-order chi connectivity index (χ1) is 8.95. The number of hydrogen-bond donors (Lipinski definition) is 0. The Labute approximate surface area is 121 Å². The molecular formula is C12H14Cl2N2O3. The maximum Gasteiger partial charge on any atom is 0.305 e. The van der Waals surface area contributed by atoms with Crippen LogP contribution in [0, 0.1) is 0 Å². The molecule has 0 N–H and O–H groups in total. The Bertz CT molecular complexity index is 480. The Morgan fingerprint density at radius 2 is 2.11 bits per heavy atom. The first kappa shape index (κ1) is 15.7. The highest BCUT2D eigenvalue weighted by Crippen LogP contribution is 2.20. The van der Waals surface area contributed by atoms with Gasteiger partial charge in [-0.25, -0.2) is 4.98 Å². The highest BCUT2D eigenvalue weighted by Gasteiger charge is 2.14. The van der Waals surface area contributed by atoms with Crippen LogP contribution in [0.1, 0.15) is 23.2 Å². The summed E-state index contributed by atoms with van der Waals surface area (Å²) in [4.78, 5) is 28.3. The molecule has 0 saturated heterocycles. The lowest BCUT2D eigenvalue weighted by atomic mass is 10.2. The minimum atomic E-state index is -0.294. The molecule has 1 amide bonds. The number of esters is 1. The van der Waals surface area contributed by atoms with E-state index >= 15 is 0 Å². The van der Waals surface area contributed by atoms with E-state index in [2.05, 4.69) is 9.72 Å². The highest BCUT2D eigenvalue weighted by molar-refractivity contribution is 6.41. The molecule has 0 bridgehead atoms. The molecule has 0 saturated carbocycles. The quantitative estimate of drug-likeness (QED) is 0.619. The zero-order valence-corrected chi connectivity index (χ0v) is 12.2. The SMILES string of the molecule is COC(=O)CCCN(C)C(=O)c1cnc(Cl)c(Cl)c1. The van der Waals surface area contributed by atoms with E-state index in [1.54, 1.807) is 7.05 Å². The van der Waals surface area contributed by atoms with E-state index in [0.717, 1.165) is 0 Å². The number of amides is 1. The van der Waals surface area contributed by atoms with Gasteiger partial charge in [-0.05, 0) is 12.5 Å². The molecule has 1 aromatic rings. The van der Waals surface area contributed by atoms with Crippen LogP contribution in [0.3, 0.4) is 0 Å². The normalized spacial score (nSPS) is 10.1. The van der Waals surface area contributed by atoms with Crippen molar-refractivity contribution in [2.45, 2.75) is 12.8 Å². The van der Waals surface area contributed by atoms with E-state index in [1.807, 2.05) is 0 Å². The van der Waals surface area contributed by atoms with Crippen molar-refractivity contribution in [3.8, 4) is 0 Å². The molecule has 0 radical (unpaired) electrons. The first-order valence-corrected chi connectivity index (χ1v) is 6.34. The summed E-state index contributed by atoms with van der Waals surface area (Å²) in [6.45, 7) is 0.439. The van der Waals surface area contributed by atoms with Gasteiger partial charge in [-0.15, -0.1) is 0 Å². The van der Waals surface area contributed by atoms with E-state index < -0.39 is 0 Å². The fourth-order valence-electron chi connectivity index (χ4n) is 1.42. The molecule has 0 spiro atoms. The van der Waals surface area contributed by atoms with Crippen LogP contribution >= 0.6 is 23.2 Å². The minimum absolute atomic E-state index is 0.159. The Kier molecular flexibility index (Phi) is 6.05. The molecule has 19 heavy (non-hydrogen) atoms. The van der Waals surface area contributed by atoms with Gasteiger partial charge in [-0.3, -0.25) is 9.59 Å². The third-order valence-corrected chi connectivity index (χ3v) is 3.18. The largest absolute Gasteiger partial charge is 0.469 e. The van der Waals surface area contributed by atoms with Gasteiger partial charge in [-0.1, -0.05) is 23.2 Å². The van der Waals surface area contributed by atoms with Crippen molar-refractivity contribution in [3.05, 3.63) is 28.0 Å². The minimum Gasteiger partial charge on any atom is -0.469 e. The van der Waals surface area contributed by atoms with Crippen molar-refractivity contribution in [2.24, 2.45) is 0 Å². The molecule has 0 aliphatic rings. The van der Waals surface area contributed by atoms with Gasteiger partial charge < -0.3 is 9.64 Å². The first-order valence-electron chi connectivity index (χ1n) is 5.59. The predicted octanol–water partition coefficient (Wildman–Crippen LogP) is 2.41. The van der Waals surface area contributed by atoms with E-state index in [-0.39, 0.29) is 28.5 Å². The summed E-state index contributed by atoms with van der Waals surface area (Å²) >= 11 is 11.5. The third kappa shape index (κ3) is 4.69. The summed E-state index contributed by atoms with van der Waals surface area (Å²) in [7, 11) is 2.97. The van der Waals surface area contributed by atoms with Gasteiger partial charge in [0.25, 0.3) is 5.91 Å². The second-order valence-electron chi connectivity index (χ2n) is 3.90. The van der Waals surface area contributed by atoms with Gasteiger partial charge >= 0.3 is 5.97 Å². The third-order valence-electron chi connectivity index (χ3n) is 2.49. The summed E-state index contributed by atoms with van der Waals surface area (Å²) in [6, 6.07) is 1.47. The van der Waals surface area contributed by atoms with Crippen LogP contribution in [-0.2, 0) is 9.53 Å². The Morgan fingerprint density at radius 3 is 2.68 bits per heavy atom.